The molecule has 0 bridgehead atoms. The molecule has 3 aromatic heterocycles. The van der Waals surface area contributed by atoms with Crippen LogP contribution in [0.15, 0.2) is 26.5 Å². The van der Waals surface area contributed by atoms with Crippen LogP contribution >= 0.6 is 11.3 Å². The molecular formula is C14H14N4O2S. The van der Waals surface area contributed by atoms with E-state index in [1.54, 1.807) is 0 Å². The Morgan fingerprint density at radius 3 is 2.81 bits per heavy atom. The van der Waals surface area contributed by atoms with E-state index in [0.717, 1.165) is 35.8 Å². The van der Waals surface area contributed by atoms with Crippen LogP contribution in [0, 0.1) is 6.92 Å². The normalized spacial score (nSPS) is 16.9. The maximum Gasteiger partial charge on any atom is 0.277 e. The second-order valence-corrected chi connectivity index (χ2v) is 6.24. The fraction of sp³-hybridized carbons (Fsp3) is 0.357. The van der Waals surface area contributed by atoms with Crippen LogP contribution in [-0.2, 0) is 5.54 Å². The Bertz CT molecular complexity index is 784. The Hall–Kier alpha value is -1.99. The zero-order valence-electron chi connectivity index (χ0n) is 11.5. The van der Waals surface area contributed by atoms with Crippen LogP contribution in [0.4, 0.5) is 0 Å². The van der Waals surface area contributed by atoms with E-state index in [1.165, 1.54) is 11.3 Å². The summed E-state index contributed by atoms with van der Waals surface area (Å²) in [5.41, 5.74) is 6.44. The molecule has 0 aliphatic heterocycles. The van der Waals surface area contributed by atoms with Crippen LogP contribution in [-0.4, -0.2) is 15.1 Å². The predicted octanol–water partition coefficient (Wildman–Crippen LogP) is 3.10. The number of aryl methyl sites for hydroxylation is 1. The number of thiazole rings is 1. The molecule has 0 aromatic carbocycles. The minimum absolute atomic E-state index is 0.410. The van der Waals surface area contributed by atoms with Gasteiger partial charge in [-0.25, -0.2) is 4.98 Å². The lowest BCUT2D eigenvalue weighted by Gasteiger charge is -2.34. The smallest absolute Gasteiger partial charge is 0.277 e. The summed E-state index contributed by atoms with van der Waals surface area (Å²) in [4.78, 5) is 8.89. The zero-order valence-corrected chi connectivity index (χ0v) is 12.3. The van der Waals surface area contributed by atoms with Gasteiger partial charge in [0.2, 0.25) is 0 Å². The minimum Gasteiger partial charge on any atom is -0.459 e. The van der Waals surface area contributed by atoms with E-state index in [4.69, 9.17) is 14.7 Å². The van der Waals surface area contributed by atoms with Crippen molar-refractivity contribution in [2.45, 2.75) is 31.7 Å². The summed E-state index contributed by atoms with van der Waals surface area (Å²) < 4.78 is 10.9. The Kier molecular flexibility index (Phi) is 2.73. The lowest BCUT2D eigenvalue weighted by molar-refractivity contribution is 0.229. The first kappa shape index (κ1) is 12.7. The van der Waals surface area contributed by atoms with Gasteiger partial charge >= 0.3 is 0 Å². The van der Waals surface area contributed by atoms with E-state index < -0.39 is 5.54 Å². The van der Waals surface area contributed by atoms with Gasteiger partial charge in [0, 0.05) is 5.38 Å². The monoisotopic (exact) mass is 302 g/mol. The van der Waals surface area contributed by atoms with Crippen molar-refractivity contribution >= 4 is 11.3 Å². The molecule has 0 atom stereocenters. The van der Waals surface area contributed by atoms with Crippen LogP contribution in [0.5, 0.6) is 0 Å². The molecule has 0 spiro atoms. The fourth-order valence-electron chi connectivity index (χ4n) is 2.35. The van der Waals surface area contributed by atoms with E-state index >= 15 is 0 Å². The van der Waals surface area contributed by atoms with Gasteiger partial charge < -0.3 is 14.7 Å². The molecule has 108 valence electrons. The van der Waals surface area contributed by atoms with E-state index in [1.807, 2.05) is 24.4 Å². The van der Waals surface area contributed by atoms with Crippen LogP contribution < -0.4 is 5.73 Å². The molecule has 2 N–H and O–H groups in total. The second-order valence-electron chi connectivity index (χ2n) is 5.38. The van der Waals surface area contributed by atoms with Gasteiger partial charge in [0.1, 0.15) is 11.5 Å². The third-order valence-corrected chi connectivity index (χ3v) is 4.65. The number of furan rings is 1. The Morgan fingerprint density at radius 1 is 1.29 bits per heavy atom. The van der Waals surface area contributed by atoms with Crippen molar-refractivity contribution in [3.63, 3.8) is 0 Å². The highest BCUT2D eigenvalue weighted by atomic mass is 32.1. The van der Waals surface area contributed by atoms with E-state index in [0.29, 0.717) is 17.4 Å². The maximum absolute atomic E-state index is 6.20. The SMILES string of the molecule is Cc1ccc(-c2nc(-c3nc(C4(N)CCC4)no3)cs2)o1. The Balaban J connectivity index is 1.64. The summed E-state index contributed by atoms with van der Waals surface area (Å²) >= 11 is 1.48. The zero-order chi connectivity index (χ0) is 14.4. The van der Waals surface area contributed by atoms with Gasteiger partial charge in [-0.1, -0.05) is 5.16 Å². The first-order valence-electron chi connectivity index (χ1n) is 6.80. The molecule has 4 rings (SSSR count). The van der Waals surface area contributed by atoms with E-state index in [2.05, 4.69) is 15.1 Å². The number of aromatic nitrogens is 3. The molecule has 0 saturated heterocycles. The Labute approximate surface area is 125 Å². The summed E-state index contributed by atoms with van der Waals surface area (Å²) in [5.74, 6) is 2.59. The van der Waals surface area contributed by atoms with Gasteiger partial charge in [0.25, 0.3) is 5.89 Å². The fourth-order valence-corrected chi connectivity index (χ4v) is 3.10. The molecule has 0 radical (unpaired) electrons. The molecule has 1 aliphatic rings. The maximum atomic E-state index is 6.20. The van der Waals surface area contributed by atoms with Gasteiger partial charge in [0.05, 0.1) is 5.54 Å². The molecule has 3 heterocycles. The van der Waals surface area contributed by atoms with Crippen molar-refractivity contribution in [3.05, 3.63) is 29.1 Å². The highest BCUT2D eigenvalue weighted by Gasteiger charge is 2.39. The molecule has 0 unspecified atom stereocenters. The topological polar surface area (TPSA) is 91.0 Å². The molecule has 7 heteroatoms. The van der Waals surface area contributed by atoms with Crippen molar-refractivity contribution in [1.29, 1.82) is 0 Å². The van der Waals surface area contributed by atoms with Crippen molar-refractivity contribution in [3.8, 4) is 22.4 Å². The molecule has 3 aromatic rings. The standard InChI is InChI=1S/C14H14N4O2S/c1-8-3-4-10(19-8)12-16-9(7-21-12)11-17-13(18-20-11)14(15)5-2-6-14/h3-4,7H,2,5-6,15H2,1H3. The number of rotatable bonds is 3. The summed E-state index contributed by atoms with van der Waals surface area (Å²) in [7, 11) is 0. The number of nitrogens with two attached hydrogens (primary N) is 1. The van der Waals surface area contributed by atoms with E-state index in [9.17, 15) is 0 Å². The molecule has 6 nitrogen and oxygen atoms in total. The summed E-state index contributed by atoms with van der Waals surface area (Å²) in [6, 6.07) is 3.82. The number of hydrogen-bond acceptors (Lipinski definition) is 7. The lowest BCUT2D eigenvalue weighted by atomic mass is 9.77. The van der Waals surface area contributed by atoms with Gasteiger partial charge in [-0.2, -0.15) is 4.98 Å². The van der Waals surface area contributed by atoms with Crippen molar-refractivity contribution < 1.29 is 8.94 Å². The lowest BCUT2D eigenvalue weighted by Crippen LogP contribution is -2.44. The quantitative estimate of drug-likeness (QED) is 0.799. The van der Waals surface area contributed by atoms with Crippen LogP contribution in [0.3, 0.4) is 0 Å². The molecule has 21 heavy (non-hydrogen) atoms. The highest BCUT2D eigenvalue weighted by Crippen LogP contribution is 2.38. The van der Waals surface area contributed by atoms with Crippen LogP contribution in [0.25, 0.3) is 22.4 Å². The minimum atomic E-state index is -0.418. The van der Waals surface area contributed by atoms with Gasteiger partial charge in [-0.15, -0.1) is 11.3 Å². The van der Waals surface area contributed by atoms with Crippen molar-refractivity contribution in [2.75, 3.05) is 0 Å². The molecular weight excluding hydrogens is 288 g/mol. The molecule has 1 saturated carbocycles. The Morgan fingerprint density at radius 2 is 2.14 bits per heavy atom. The summed E-state index contributed by atoms with van der Waals surface area (Å²) in [6.45, 7) is 1.90. The largest absolute Gasteiger partial charge is 0.459 e. The van der Waals surface area contributed by atoms with Gasteiger partial charge in [0.15, 0.2) is 16.6 Å². The van der Waals surface area contributed by atoms with Crippen LogP contribution in [0.1, 0.15) is 30.8 Å². The van der Waals surface area contributed by atoms with Crippen molar-refractivity contribution in [1.82, 2.24) is 15.1 Å². The predicted molar refractivity (Wildman–Crippen MR) is 77.6 cm³/mol. The molecule has 1 fully saturated rings. The highest BCUT2D eigenvalue weighted by molar-refractivity contribution is 7.13. The average molecular weight is 302 g/mol. The summed E-state index contributed by atoms with van der Waals surface area (Å²) in [5, 5.41) is 6.68. The summed E-state index contributed by atoms with van der Waals surface area (Å²) in [6.07, 6.45) is 2.92. The average Bonchev–Trinajstić information content (AvgIpc) is 3.14. The second kappa shape index (κ2) is 4.51. The first-order chi connectivity index (χ1) is 10.1. The van der Waals surface area contributed by atoms with Gasteiger partial charge in [-0.05, 0) is 38.3 Å². The van der Waals surface area contributed by atoms with Gasteiger partial charge in [-0.3, -0.25) is 0 Å². The number of hydrogen-bond donors (Lipinski definition) is 1. The first-order valence-corrected chi connectivity index (χ1v) is 7.68. The van der Waals surface area contributed by atoms with Crippen LogP contribution in [0.2, 0.25) is 0 Å². The number of nitrogens with zero attached hydrogens (tertiary/aromatic N) is 3. The third kappa shape index (κ3) is 2.09. The molecule has 1 aliphatic carbocycles. The van der Waals surface area contributed by atoms with Crippen molar-refractivity contribution in [2.24, 2.45) is 5.73 Å². The third-order valence-electron chi connectivity index (χ3n) is 3.79. The molecule has 0 amide bonds. The van der Waals surface area contributed by atoms with E-state index in [-0.39, 0.29) is 0 Å².